The highest BCUT2D eigenvalue weighted by molar-refractivity contribution is 7.89. The van der Waals surface area contributed by atoms with Crippen molar-refractivity contribution in [3.05, 3.63) is 28.3 Å². The second-order valence-corrected chi connectivity index (χ2v) is 6.79. The highest BCUT2D eigenvalue weighted by atomic mass is 32.2. The number of benzene rings is 1. The van der Waals surface area contributed by atoms with Gasteiger partial charge < -0.3 is 5.73 Å². The molecule has 0 radical (unpaired) electrons. The minimum absolute atomic E-state index is 0.116. The molecule has 0 aliphatic carbocycles. The van der Waals surface area contributed by atoms with Gasteiger partial charge in [0.1, 0.15) is 0 Å². The number of sulfonamides is 1. The summed E-state index contributed by atoms with van der Waals surface area (Å²) < 4.78 is 26.7. The maximum atomic E-state index is 12.2. The van der Waals surface area contributed by atoms with Crippen molar-refractivity contribution in [3.8, 4) is 0 Å². The molecule has 0 saturated carbocycles. The molecule has 1 unspecified atom stereocenters. The summed E-state index contributed by atoms with van der Waals surface area (Å²) in [6.45, 7) is 6.07. The quantitative estimate of drug-likeness (QED) is 0.472. The normalized spacial score (nSPS) is 13.4. The Morgan fingerprint density at radius 1 is 1.35 bits per heavy atom. The van der Waals surface area contributed by atoms with Gasteiger partial charge in [-0.1, -0.05) is 20.8 Å². The standard InChI is InChI=1S/C12H19N3O4S/c1-8(2)9(3)7-14-20(18,19)12-6-10(13)4-5-11(12)15(16)17/h4-6,8-9,14H,7,13H2,1-3H3. The molecule has 7 nitrogen and oxygen atoms in total. The first-order valence-corrected chi connectivity index (χ1v) is 7.67. The van der Waals surface area contributed by atoms with Crippen LogP contribution in [0, 0.1) is 22.0 Å². The van der Waals surface area contributed by atoms with Crippen LogP contribution in [0.25, 0.3) is 0 Å². The number of nitrogen functional groups attached to an aromatic ring is 1. The Kier molecular flexibility index (Phi) is 5.07. The van der Waals surface area contributed by atoms with E-state index in [1.165, 1.54) is 6.07 Å². The monoisotopic (exact) mass is 301 g/mol. The average Bonchev–Trinajstić information content (AvgIpc) is 2.35. The molecule has 0 heterocycles. The fourth-order valence-corrected chi connectivity index (χ4v) is 2.80. The zero-order chi connectivity index (χ0) is 15.5. The van der Waals surface area contributed by atoms with Crippen LogP contribution < -0.4 is 10.5 Å². The predicted molar refractivity (Wildman–Crippen MR) is 76.7 cm³/mol. The van der Waals surface area contributed by atoms with Crippen molar-refractivity contribution in [3.63, 3.8) is 0 Å². The van der Waals surface area contributed by atoms with Gasteiger partial charge >= 0.3 is 0 Å². The second kappa shape index (κ2) is 6.19. The Morgan fingerprint density at radius 3 is 2.45 bits per heavy atom. The highest BCUT2D eigenvalue weighted by Gasteiger charge is 2.26. The van der Waals surface area contributed by atoms with Crippen molar-refractivity contribution in [2.75, 3.05) is 12.3 Å². The second-order valence-electron chi connectivity index (χ2n) is 5.06. The number of rotatable bonds is 6. The number of nitrogens with two attached hydrogens (primary N) is 1. The van der Waals surface area contributed by atoms with E-state index in [0.717, 1.165) is 12.1 Å². The lowest BCUT2D eigenvalue weighted by Crippen LogP contribution is -2.30. The summed E-state index contributed by atoms with van der Waals surface area (Å²) in [7, 11) is -3.96. The smallest absolute Gasteiger partial charge is 0.289 e. The van der Waals surface area contributed by atoms with Gasteiger partial charge in [-0.3, -0.25) is 10.1 Å². The van der Waals surface area contributed by atoms with E-state index in [4.69, 9.17) is 5.73 Å². The molecule has 0 fully saturated rings. The number of anilines is 1. The maximum Gasteiger partial charge on any atom is 0.289 e. The number of nitrogens with zero attached hydrogens (tertiary/aromatic N) is 1. The van der Waals surface area contributed by atoms with Crippen LogP contribution in [0.4, 0.5) is 11.4 Å². The average molecular weight is 301 g/mol. The summed E-state index contributed by atoms with van der Waals surface area (Å²) >= 11 is 0. The van der Waals surface area contributed by atoms with E-state index in [1.807, 2.05) is 20.8 Å². The summed E-state index contributed by atoms with van der Waals surface area (Å²) in [5, 5.41) is 10.9. The third-order valence-electron chi connectivity index (χ3n) is 3.20. The molecule has 0 aromatic heterocycles. The van der Waals surface area contributed by atoms with Crippen molar-refractivity contribution in [1.29, 1.82) is 0 Å². The third-order valence-corrected chi connectivity index (χ3v) is 4.66. The van der Waals surface area contributed by atoms with Gasteiger partial charge in [0.2, 0.25) is 10.0 Å². The van der Waals surface area contributed by atoms with E-state index in [1.54, 1.807) is 0 Å². The molecule has 0 saturated heterocycles. The Hall–Kier alpha value is -1.67. The Morgan fingerprint density at radius 2 is 1.95 bits per heavy atom. The first-order chi connectivity index (χ1) is 9.15. The summed E-state index contributed by atoms with van der Waals surface area (Å²) in [6.07, 6.45) is 0. The number of nitro benzene ring substituents is 1. The molecule has 1 rings (SSSR count). The molecule has 0 spiro atoms. The van der Waals surface area contributed by atoms with Gasteiger partial charge in [-0.2, -0.15) is 0 Å². The van der Waals surface area contributed by atoms with E-state index >= 15 is 0 Å². The zero-order valence-electron chi connectivity index (χ0n) is 11.7. The van der Waals surface area contributed by atoms with Crippen molar-refractivity contribution in [2.45, 2.75) is 25.7 Å². The molecule has 1 aromatic rings. The molecular formula is C12H19N3O4S. The van der Waals surface area contributed by atoms with Gasteiger partial charge in [-0.25, -0.2) is 13.1 Å². The fraction of sp³-hybridized carbons (Fsp3) is 0.500. The van der Waals surface area contributed by atoms with Crippen LogP contribution >= 0.6 is 0 Å². The molecule has 0 bridgehead atoms. The lowest BCUT2D eigenvalue weighted by atomic mass is 9.99. The minimum Gasteiger partial charge on any atom is -0.399 e. The maximum absolute atomic E-state index is 12.2. The number of hydrogen-bond acceptors (Lipinski definition) is 5. The van der Waals surface area contributed by atoms with E-state index < -0.39 is 25.5 Å². The van der Waals surface area contributed by atoms with Crippen LogP contribution in [-0.4, -0.2) is 19.9 Å². The van der Waals surface area contributed by atoms with Crippen molar-refractivity contribution in [1.82, 2.24) is 4.72 Å². The summed E-state index contributed by atoms with van der Waals surface area (Å²) in [6, 6.07) is 3.49. The fourth-order valence-electron chi connectivity index (χ4n) is 1.45. The summed E-state index contributed by atoms with van der Waals surface area (Å²) in [4.78, 5) is 9.76. The van der Waals surface area contributed by atoms with Crippen LogP contribution in [0.2, 0.25) is 0 Å². The van der Waals surface area contributed by atoms with Crippen LogP contribution in [0.3, 0.4) is 0 Å². The SMILES string of the molecule is CC(C)C(C)CNS(=O)(=O)c1cc(N)ccc1[N+](=O)[O-]. The molecule has 1 aromatic carbocycles. The number of hydrogen-bond donors (Lipinski definition) is 2. The van der Waals surface area contributed by atoms with Crippen LogP contribution in [0.15, 0.2) is 23.1 Å². The Balaban J connectivity index is 3.09. The van der Waals surface area contributed by atoms with Gasteiger partial charge in [-0.05, 0) is 24.0 Å². The molecule has 0 amide bonds. The summed E-state index contributed by atoms with van der Waals surface area (Å²) in [5.74, 6) is 0.415. The van der Waals surface area contributed by atoms with Crippen molar-refractivity contribution in [2.24, 2.45) is 11.8 Å². The van der Waals surface area contributed by atoms with Crippen LogP contribution in [-0.2, 0) is 10.0 Å². The third kappa shape index (κ3) is 3.91. The molecule has 0 aliphatic heterocycles. The van der Waals surface area contributed by atoms with Gasteiger partial charge in [0.25, 0.3) is 5.69 Å². The Bertz CT molecular complexity index is 599. The zero-order valence-corrected chi connectivity index (χ0v) is 12.5. The highest BCUT2D eigenvalue weighted by Crippen LogP contribution is 2.25. The van der Waals surface area contributed by atoms with E-state index in [0.29, 0.717) is 5.92 Å². The lowest BCUT2D eigenvalue weighted by Gasteiger charge is -2.16. The van der Waals surface area contributed by atoms with E-state index in [9.17, 15) is 18.5 Å². The molecule has 1 atom stereocenters. The molecule has 0 aliphatic rings. The minimum atomic E-state index is -3.96. The molecule has 8 heteroatoms. The van der Waals surface area contributed by atoms with Gasteiger partial charge in [0, 0.05) is 18.3 Å². The predicted octanol–water partition coefficient (Wildman–Crippen LogP) is 1.75. The molecule has 3 N–H and O–H groups in total. The number of nitro groups is 1. The van der Waals surface area contributed by atoms with E-state index in [2.05, 4.69) is 4.72 Å². The molecule has 20 heavy (non-hydrogen) atoms. The Labute approximate surface area is 118 Å². The number of nitrogens with one attached hydrogen (secondary N) is 1. The van der Waals surface area contributed by atoms with Crippen LogP contribution in [0.5, 0.6) is 0 Å². The summed E-state index contributed by atoms with van der Waals surface area (Å²) in [5.41, 5.74) is 5.19. The van der Waals surface area contributed by atoms with E-state index in [-0.39, 0.29) is 18.2 Å². The van der Waals surface area contributed by atoms with Crippen molar-refractivity contribution >= 4 is 21.4 Å². The first kappa shape index (κ1) is 16.4. The molecule has 112 valence electrons. The van der Waals surface area contributed by atoms with Crippen molar-refractivity contribution < 1.29 is 13.3 Å². The largest absolute Gasteiger partial charge is 0.399 e. The molecular weight excluding hydrogens is 282 g/mol. The van der Waals surface area contributed by atoms with Gasteiger partial charge in [-0.15, -0.1) is 0 Å². The first-order valence-electron chi connectivity index (χ1n) is 6.18. The van der Waals surface area contributed by atoms with Gasteiger partial charge in [0.05, 0.1) is 4.92 Å². The lowest BCUT2D eigenvalue weighted by molar-refractivity contribution is -0.387. The topological polar surface area (TPSA) is 115 Å². The van der Waals surface area contributed by atoms with Crippen LogP contribution in [0.1, 0.15) is 20.8 Å². The van der Waals surface area contributed by atoms with Gasteiger partial charge in [0.15, 0.2) is 4.90 Å².